The molecule has 1 atom stereocenters. The van der Waals surface area contributed by atoms with Crippen LogP contribution >= 0.6 is 0 Å². The number of hydrogen-bond acceptors (Lipinski definition) is 4. The quantitative estimate of drug-likeness (QED) is 0.655. The second kappa shape index (κ2) is 4.69. The summed E-state index contributed by atoms with van der Waals surface area (Å²) in [4.78, 5) is 14.3. The highest BCUT2D eigenvalue weighted by Crippen LogP contribution is 2.18. The fraction of sp³-hybridized carbons (Fsp3) is 0.909. The van der Waals surface area contributed by atoms with Gasteiger partial charge in [-0.3, -0.25) is 4.79 Å². The molecule has 1 unspecified atom stereocenters. The molecule has 1 amide bonds. The number of carbonyl (C=O) groups is 1. The Hall–Kier alpha value is -0.650. The van der Waals surface area contributed by atoms with Gasteiger partial charge in [-0.2, -0.15) is 0 Å². The van der Waals surface area contributed by atoms with Gasteiger partial charge in [0.05, 0.1) is 5.54 Å². The summed E-state index contributed by atoms with van der Waals surface area (Å²) in [5.74, 6) is -0.00361. The highest BCUT2D eigenvalue weighted by Gasteiger charge is 2.37. The van der Waals surface area contributed by atoms with Crippen LogP contribution in [0.2, 0.25) is 0 Å². The minimum atomic E-state index is -0.709. The van der Waals surface area contributed by atoms with Crippen LogP contribution in [-0.4, -0.2) is 55.7 Å². The van der Waals surface area contributed by atoms with Crippen LogP contribution < -0.4 is 11.1 Å². The number of amides is 1. The second-order valence-corrected chi connectivity index (χ2v) is 4.99. The van der Waals surface area contributed by atoms with Gasteiger partial charge in [0.1, 0.15) is 0 Å². The van der Waals surface area contributed by atoms with E-state index in [2.05, 4.69) is 17.3 Å². The molecule has 3 N–H and O–H groups in total. The molecule has 2 aliphatic heterocycles. The fourth-order valence-corrected chi connectivity index (χ4v) is 2.34. The average molecular weight is 227 g/mol. The lowest BCUT2D eigenvalue weighted by Gasteiger charge is -2.32. The maximum Gasteiger partial charge on any atom is 0.240 e. The molecule has 2 fully saturated rings. The SMILES string of the molecule is CN1CCC(NC(=O)C2(N)CCOCC2)C1. The van der Waals surface area contributed by atoms with Crippen molar-refractivity contribution < 1.29 is 9.53 Å². The Morgan fingerprint density at radius 1 is 1.50 bits per heavy atom. The van der Waals surface area contributed by atoms with E-state index in [4.69, 9.17) is 10.5 Å². The molecule has 5 nitrogen and oxygen atoms in total. The lowest BCUT2D eigenvalue weighted by atomic mass is 9.90. The van der Waals surface area contributed by atoms with Gasteiger partial charge in [-0.15, -0.1) is 0 Å². The molecular formula is C11H21N3O2. The zero-order chi connectivity index (χ0) is 11.6. The molecule has 0 aromatic carbocycles. The van der Waals surface area contributed by atoms with Crippen molar-refractivity contribution in [3.63, 3.8) is 0 Å². The summed E-state index contributed by atoms with van der Waals surface area (Å²) in [5, 5.41) is 3.06. The standard InChI is InChI=1S/C11H21N3O2/c1-14-5-2-9(8-14)13-10(15)11(12)3-6-16-7-4-11/h9H,2-8,12H2,1H3,(H,13,15). The zero-order valence-electron chi connectivity index (χ0n) is 9.87. The van der Waals surface area contributed by atoms with Crippen molar-refractivity contribution in [2.24, 2.45) is 5.73 Å². The molecule has 2 rings (SSSR count). The molecule has 0 aromatic rings. The number of hydrogen-bond donors (Lipinski definition) is 2. The van der Waals surface area contributed by atoms with Gasteiger partial charge in [0.15, 0.2) is 0 Å². The smallest absolute Gasteiger partial charge is 0.240 e. The number of rotatable bonds is 2. The van der Waals surface area contributed by atoms with E-state index in [1.54, 1.807) is 0 Å². The van der Waals surface area contributed by atoms with Gasteiger partial charge in [0.25, 0.3) is 0 Å². The monoisotopic (exact) mass is 227 g/mol. The molecule has 16 heavy (non-hydrogen) atoms. The van der Waals surface area contributed by atoms with Gasteiger partial charge in [0.2, 0.25) is 5.91 Å². The topological polar surface area (TPSA) is 67.6 Å². The van der Waals surface area contributed by atoms with Gasteiger partial charge < -0.3 is 20.7 Å². The summed E-state index contributed by atoms with van der Waals surface area (Å²) in [5.41, 5.74) is 5.40. The first-order chi connectivity index (χ1) is 7.60. The molecule has 0 bridgehead atoms. The van der Waals surface area contributed by atoms with Crippen molar-refractivity contribution >= 4 is 5.91 Å². The van der Waals surface area contributed by atoms with E-state index in [0.29, 0.717) is 26.1 Å². The van der Waals surface area contributed by atoms with Gasteiger partial charge in [0, 0.05) is 25.8 Å². The Labute approximate surface area is 96.3 Å². The average Bonchev–Trinajstić information content (AvgIpc) is 2.65. The first-order valence-corrected chi connectivity index (χ1v) is 5.96. The molecular weight excluding hydrogens is 206 g/mol. The van der Waals surface area contributed by atoms with Crippen LogP contribution in [0.5, 0.6) is 0 Å². The van der Waals surface area contributed by atoms with Gasteiger partial charge in [-0.1, -0.05) is 0 Å². The van der Waals surface area contributed by atoms with Crippen LogP contribution in [0.25, 0.3) is 0 Å². The predicted molar refractivity (Wildman–Crippen MR) is 61.0 cm³/mol. The van der Waals surface area contributed by atoms with Crippen LogP contribution in [0.4, 0.5) is 0 Å². The van der Waals surface area contributed by atoms with E-state index in [0.717, 1.165) is 19.5 Å². The van der Waals surface area contributed by atoms with Crippen LogP contribution in [0.15, 0.2) is 0 Å². The summed E-state index contributed by atoms with van der Waals surface area (Å²) < 4.78 is 5.23. The van der Waals surface area contributed by atoms with Crippen molar-refractivity contribution in [3.05, 3.63) is 0 Å². The number of ether oxygens (including phenoxy) is 1. The van der Waals surface area contributed by atoms with E-state index in [-0.39, 0.29) is 11.9 Å². The fourth-order valence-electron chi connectivity index (χ4n) is 2.34. The maximum absolute atomic E-state index is 12.1. The van der Waals surface area contributed by atoms with Crippen molar-refractivity contribution in [1.29, 1.82) is 0 Å². The number of nitrogens with two attached hydrogens (primary N) is 1. The Kier molecular flexibility index (Phi) is 3.47. The number of nitrogens with zero attached hydrogens (tertiary/aromatic N) is 1. The summed E-state index contributed by atoms with van der Waals surface area (Å²) in [6.07, 6.45) is 2.28. The van der Waals surface area contributed by atoms with Gasteiger partial charge >= 0.3 is 0 Å². The second-order valence-electron chi connectivity index (χ2n) is 4.99. The van der Waals surface area contributed by atoms with Crippen molar-refractivity contribution in [2.75, 3.05) is 33.4 Å². The Balaban J connectivity index is 1.86. The Morgan fingerprint density at radius 3 is 2.75 bits per heavy atom. The first-order valence-electron chi connectivity index (χ1n) is 5.96. The van der Waals surface area contributed by atoms with E-state index in [9.17, 15) is 4.79 Å². The normalized spacial score (nSPS) is 30.2. The third kappa shape index (κ3) is 2.53. The van der Waals surface area contributed by atoms with Gasteiger partial charge in [-0.05, 0) is 32.9 Å². The van der Waals surface area contributed by atoms with E-state index in [1.165, 1.54) is 0 Å². The predicted octanol–water partition coefficient (Wildman–Crippen LogP) is -0.685. The molecule has 2 aliphatic rings. The molecule has 0 saturated carbocycles. The summed E-state index contributed by atoms with van der Waals surface area (Å²) in [6.45, 7) is 3.16. The largest absolute Gasteiger partial charge is 0.381 e. The van der Waals surface area contributed by atoms with Crippen molar-refractivity contribution in [3.8, 4) is 0 Å². The molecule has 0 aliphatic carbocycles. The minimum Gasteiger partial charge on any atom is -0.381 e. The van der Waals surface area contributed by atoms with Crippen LogP contribution in [0.3, 0.4) is 0 Å². The maximum atomic E-state index is 12.1. The summed E-state index contributed by atoms with van der Waals surface area (Å²) >= 11 is 0. The van der Waals surface area contributed by atoms with Crippen molar-refractivity contribution in [2.45, 2.75) is 30.8 Å². The van der Waals surface area contributed by atoms with E-state index >= 15 is 0 Å². The highest BCUT2D eigenvalue weighted by molar-refractivity contribution is 5.86. The minimum absolute atomic E-state index is 0.00361. The number of carbonyl (C=O) groups excluding carboxylic acids is 1. The first kappa shape index (κ1) is 11.8. The molecule has 2 heterocycles. The Morgan fingerprint density at radius 2 is 2.19 bits per heavy atom. The Bertz CT molecular complexity index is 264. The van der Waals surface area contributed by atoms with Crippen LogP contribution in [0, 0.1) is 0 Å². The lowest BCUT2D eigenvalue weighted by molar-refractivity contribution is -0.130. The highest BCUT2D eigenvalue weighted by atomic mass is 16.5. The summed E-state index contributed by atoms with van der Waals surface area (Å²) in [6, 6.07) is 0.265. The third-order valence-electron chi connectivity index (χ3n) is 3.56. The molecule has 0 radical (unpaired) electrons. The molecule has 0 spiro atoms. The van der Waals surface area contributed by atoms with E-state index in [1.807, 2.05) is 0 Å². The molecule has 92 valence electrons. The van der Waals surface area contributed by atoms with E-state index < -0.39 is 5.54 Å². The van der Waals surface area contributed by atoms with Crippen molar-refractivity contribution in [1.82, 2.24) is 10.2 Å². The third-order valence-corrected chi connectivity index (χ3v) is 3.56. The molecule has 5 heteroatoms. The lowest BCUT2D eigenvalue weighted by Crippen LogP contribution is -2.58. The zero-order valence-corrected chi connectivity index (χ0v) is 9.87. The van der Waals surface area contributed by atoms with Crippen LogP contribution in [0.1, 0.15) is 19.3 Å². The number of nitrogens with one attached hydrogen (secondary N) is 1. The molecule has 0 aromatic heterocycles. The van der Waals surface area contributed by atoms with Gasteiger partial charge in [-0.25, -0.2) is 0 Å². The summed E-state index contributed by atoms with van der Waals surface area (Å²) in [7, 11) is 2.07. The number of likely N-dealkylation sites (tertiary alicyclic amines) is 1. The number of likely N-dealkylation sites (N-methyl/N-ethyl adjacent to an activating group) is 1. The van der Waals surface area contributed by atoms with Crippen LogP contribution in [-0.2, 0) is 9.53 Å². The molecule has 2 saturated heterocycles.